The minimum absolute atomic E-state index is 0. The number of likely N-dealkylation sites (tertiary alicyclic amines) is 3. The zero-order chi connectivity index (χ0) is 71.5. The fraction of sp³-hybridized carbons (Fsp3) is 0.886. The normalized spacial score (nSPS) is 19.4. The standard InChI is InChI=1S/C14H27NO2.C12H23NO3.C12H21NO3.C10H18O5.C9H18O.C8H16O.C2HF3O.CH5P.CH4.CH3.BrH.Mg/c1-11(2)12-8-6-7-9-15(10-12)13(16)17-14(3,4)5;2*1-12(2,3)16-11(15)13-7-5-4-6-10(8-13)9-14;1-9(2,3)14-7(11)13-8(12)15-10(4,5)6;1-8(10)9-6-4-2-3-5-7-9;9-7-8-5-3-1-2-4-6-8;3-2(4,5)1-6;1-2;;;;/h11-12H,6-10H2,1-5H3;10,14H,4-9H2,1-3H3;9-10H,4-8H2,1-3H3;1-6H3;8-10H,2-7H2,1H3;8-9H,1-7H2;1H;2H2,1H3;1H4;1H3;1H;/q;;;;;;;;;-1;;+2/p-1/i;;;;;;;1D;;;;. The van der Waals surface area contributed by atoms with Gasteiger partial charge in [0.1, 0.15) is 34.3 Å². The SMILES string of the molecule is C.CC(C)(C)OC(=O)N1CCCCC(C=O)C1.CC(C)(C)OC(=O)N1CCCCC(CO)C1.CC(C)(C)OC(=O)OC(=O)OC(C)(C)C.CC(C)C1CCCCN(C(=O)OC(C)(C)C)C1.CC(O)C1CCCCCC1.O=CC(F)(F)F.OCC1CCCCCC1.[2H]CP.[Br-].[CH3-].[Mg+2]. The molecule has 0 aromatic rings. The van der Waals surface area contributed by atoms with Crippen molar-refractivity contribution in [1.29, 1.82) is 0 Å². The minimum atomic E-state index is -4.64. The van der Waals surface area contributed by atoms with Gasteiger partial charge in [-0.1, -0.05) is 98.5 Å². The van der Waals surface area contributed by atoms with Crippen LogP contribution in [0, 0.1) is 42.9 Å². The van der Waals surface area contributed by atoms with Crippen molar-refractivity contribution in [3.05, 3.63) is 7.43 Å². The number of ether oxygens (including phenoxy) is 6. The van der Waals surface area contributed by atoms with E-state index in [2.05, 4.69) is 27.8 Å². The Morgan fingerprint density at radius 3 is 1.09 bits per heavy atom. The van der Waals surface area contributed by atoms with Gasteiger partial charge in [0.15, 0.2) is 0 Å². The molecule has 3 amide bonds. The molecule has 3 N–H and O–H groups in total. The average Bonchev–Trinajstić information content (AvgIpc) is 1.61. The minimum Gasteiger partial charge on any atom is -1.00 e. The predicted molar refractivity (Wildman–Crippen MR) is 375 cm³/mol. The van der Waals surface area contributed by atoms with Crippen molar-refractivity contribution in [2.45, 2.75) is 307 Å². The zero-order valence-electron chi connectivity index (χ0n) is 62.7. The summed E-state index contributed by atoms with van der Waals surface area (Å²) in [6.07, 6.45) is 17.7. The second-order valence-corrected chi connectivity index (χ2v) is 29.4. The van der Waals surface area contributed by atoms with Crippen molar-refractivity contribution in [3.8, 4) is 0 Å². The third-order valence-electron chi connectivity index (χ3n) is 14.4. The molecule has 562 valence electrons. The molecule has 0 radical (unpaired) electrons. The molecule has 0 aromatic heterocycles. The summed E-state index contributed by atoms with van der Waals surface area (Å²) in [5.41, 5.74) is -2.70. The number of hydrogen-bond acceptors (Lipinski definition) is 16. The Hall–Kier alpha value is -2.76. The molecular formula is C70H136BrF3MgN3O16P. The monoisotopic (exact) mass is 1470 g/mol. The number of aliphatic hydroxyl groups is 3. The molecule has 0 aromatic carbocycles. The first kappa shape index (κ1) is 103. The van der Waals surface area contributed by atoms with Crippen LogP contribution in [0.15, 0.2) is 0 Å². The van der Waals surface area contributed by atoms with Crippen molar-refractivity contribution >= 4 is 75.5 Å². The van der Waals surface area contributed by atoms with E-state index in [0.717, 1.165) is 70.9 Å². The number of aldehydes is 2. The van der Waals surface area contributed by atoms with Gasteiger partial charge in [-0.25, -0.2) is 24.0 Å². The summed E-state index contributed by atoms with van der Waals surface area (Å²) in [7, 11) is 2.25. The van der Waals surface area contributed by atoms with E-state index >= 15 is 0 Å². The molecule has 3 saturated heterocycles. The van der Waals surface area contributed by atoms with Crippen LogP contribution < -0.4 is 17.0 Å². The Morgan fingerprint density at radius 1 is 0.505 bits per heavy atom. The number of rotatable bonds is 5. The van der Waals surface area contributed by atoms with E-state index in [1.165, 1.54) is 89.9 Å². The molecule has 5 rings (SSSR count). The third kappa shape index (κ3) is 64.4. The average molecular weight is 1470 g/mol. The summed E-state index contributed by atoms with van der Waals surface area (Å²) in [5, 5.41) is 27.3. The number of amides is 3. The smallest absolute Gasteiger partial charge is 1.00 e. The maximum atomic E-state index is 12.0. The Bertz CT molecular complexity index is 1960. The molecule has 0 bridgehead atoms. The van der Waals surface area contributed by atoms with Crippen molar-refractivity contribution in [3.63, 3.8) is 0 Å². The molecular weight excluding hydrogens is 1330 g/mol. The summed E-state index contributed by atoms with van der Waals surface area (Å²) in [4.78, 5) is 82.5. The van der Waals surface area contributed by atoms with Gasteiger partial charge in [0.05, 0.1) is 6.10 Å². The fourth-order valence-corrected chi connectivity index (χ4v) is 9.81. The second-order valence-electron chi connectivity index (χ2n) is 29.4. The molecule has 2 saturated carbocycles. The summed E-state index contributed by atoms with van der Waals surface area (Å²) in [6, 6.07) is 0. The third-order valence-corrected chi connectivity index (χ3v) is 14.4. The fourth-order valence-electron chi connectivity index (χ4n) is 9.81. The summed E-state index contributed by atoms with van der Waals surface area (Å²) >= 11 is 0. The molecule has 25 heteroatoms. The van der Waals surface area contributed by atoms with Crippen molar-refractivity contribution in [2.24, 2.45) is 35.5 Å². The molecule has 19 nitrogen and oxygen atoms in total. The van der Waals surface area contributed by atoms with Gasteiger partial charge in [-0.2, -0.15) is 13.2 Å². The summed E-state index contributed by atoms with van der Waals surface area (Å²) < 4.78 is 67.3. The molecule has 5 fully saturated rings. The maximum absolute atomic E-state index is 12.0. The van der Waals surface area contributed by atoms with E-state index in [9.17, 15) is 47.0 Å². The van der Waals surface area contributed by atoms with Gasteiger partial charge < -0.3 is 87.6 Å². The van der Waals surface area contributed by atoms with Crippen LogP contribution in [0.25, 0.3) is 0 Å². The Labute approximate surface area is 604 Å². The van der Waals surface area contributed by atoms with Gasteiger partial charge in [0.2, 0.25) is 6.29 Å². The van der Waals surface area contributed by atoms with Crippen molar-refractivity contribution in [1.82, 2.24) is 14.7 Å². The van der Waals surface area contributed by atoms with Crippen LogP contribution in [0.1, 0.15) is 268 Å². The predicted octanol–water partition coefficient (Wildman–Crippen LogP) is 14.0. The molecule has 0 spiro atoms. The van der Waals surface area contributed by atoms with Gasteiger partial charge in [-0.15, -0.1) is 9.24 Å². The van der Waals surface area contributed by atoms with Crippen LogP contribution in [-0.2, 0) is 38.0 Å². The molecule has 3 heterocycles. The van der Waals surface area contributed by atoms with Gasteiger partial charge >= 0.3 is 59.8 Å². The molecule has 2 aliphatic carbocycles. The first-order valence-corrected chi connectivity index (χ1v) is 34.1. The number of nitrogens with zero attached hydrogens (tertiary/aromatic N) is 3. The van der Waals surface area contributed by atoms with Crippen molar-refractivity contribution < 1.29 is 109 Å². The second kappa shape index (κ2) is 55.9. The molecule has 5 unspecified atom stereocenters. The number of aliphatic hydroxyl groups excluding tert-OH is 3. The number of alkyl halides is 3. The largest absolute Gasteiger partial charge is 2.00 e. The quantitative estimate of drug-likeness (QED) is 0.0338. The van der Waals surface area contributed by atoms with Gasteiger partial charge in [0.25, 0.3) is 0 Å². The van der Waals surface area contributed by atoms with E-state index in [-0.39, 0.29) is 97.7 Å². The molecule has 5 atom stereocenters. The Morgan fingerprint density at radius 2 is 0.789 bits per heavy atom. The van der Waals surface area contributed by atoms with Crippen LogP contribution in [-0.4, -0.2) is 196 Å². The summed E-state index contributed by atoms with van der Waals surface area (Å²) in [6.45, 7) is 38.6. The van der Waals surface area contributed by atoms with E-state index in [1.807, 2.05) is 74.1 Å². The van der Waals surface area contributed by atoms with Gasteiger partial charge in [0, 0.05) is 59.8 Å². The molecule has 5 aliphatic rings. The number of hydrogen-bond donors (Lipinski definition) is 3. The molecule has 3 aliphatic heterocycles. The van der Waals surface area contributed by atoms with E-state index in [0.29, 0.717) is 56.6 Å². The van der Waals surface area contributed by atoms with E-state index in [1.54, 1.807) is 51.3 Å². The summed E-state index contributed by atoms with van der Waals surface area (Å²) in [5.74, 6) is 2.66. The zero-order valence-corrected chi connectivity index (χ0v) is 65.9. The first-order valence-electron chi connectivity index (χ1n) is 34.0. The van der Waals surface area contributed by atoms with E-state index < -0.39 is 52.8 Å². The van der Waals surface area contributed by atoms with Crippen LogP contribution >= 0.6 is 9.24 Å². The van der Waals surface area contributed by atoms with Crippen LogP contribution in [0.2, 0.25) is 0 Å². The van der Waals surface area contributed by atoms with Crippen LogP contribution in [0.3, 0.4) is 0 Å². The number of carbonyl (C=O) groups excluding carboxylic acids is 7. The molecule has 95 heavy (non-hydrogen) atoms. The number of halogens is 4. The van der Waals surface area contributed by atoms with Crippen LogP contribution in [0.4, 0.5) is 37.1 Å². The van der Waals surface area contributed by atoms with Gasteiger partial charge in [-0.3, -0.25) is 4.79 Å². The van der Waals surface area contributed by atoms with Crippen LogP contribution in [0.5, 0.6) is 0 Å². The maximum Gasteiger partial charge on any atom is 2.00 e. The topological polar surface area (TPSA) is 245 Å². The van der Waals surface area contributed by atoms with Crippen molar-refractivity contribution in [2.75, 3.05) is 59.1 Å². The first-order chi connectivity index (χ1) is 42.3. The number of carbonyl (C=O) groups is 7. The van der Waals surface area contributed by atoms with Gasteiger partial charge in [-0.05, 0) is 205 Å². The van der Waals surface area contributed by atoms with E-state index in [4.69, 9.17) is 40.1 Å². The Balaban J connectivity index is -0.000000193. The Kier molecular flexibility index (Phi) is 60.8.